The van der Waals surface area contributed by atoms with Gasteiger partial charge in [0.1, 0.15) is 11.2 Å². The summed E-state index contributed by atoms with van der Waals surface area (Å²) in [6.45, 7) is 2.14. The van der Waals surface area contributed by atoms with Crippen LogP contribution < -0.4 is 0 Å². The molecule has 0 saturated heterocycles. The van der Waals surface area contributed by atoms with E-state index in [2.05, 4.69) is 91.9 Å². The van der Waals surface area contributed by atoms with E-state index in [0.717, 1.165) is 49.8 Å². The summed E-state index contributed by atoms with van der Waals surface area (Å²) in [5.74, 6) is 1.91. The maximum absolute atomic E-state index is 6.44. The first-order valence-corrected chi connectivity index (χ1v) is 15.8. The second kappa shape index (κ2) is 10.2. The van der Waals surface area contributed by atoms with E-state index in [9.17, 15) is 0 Å². The zero-order valence-electron chi connectivity index (χ0n) is 24.4. The molecule has 9 aromatic rings. The Labute approximate surface area is 263 Å². The topological polar surface area (TPSA) is 51.8 Å². The summed E-state index contributed by atoms with van der Waals surface area (Å²) in [7, 11) is 0. The first-order valence-electron chi connectivity index (χ1n) is 14.9. The Balaban J connectivity index is 1.25. The Morgan fingerprint density at radius 2 is 1.18 bits per heavy atom. The van der Waals surface area contributed by atoms with Crippen LogP contribution in [0.15, 0.2) is 138 Å². The van der Waals surface area contributed by atoms with E-state index in [0.29, 0.717) is 17.5 Å². The van der Waals surface area contributed by atoms with Gasteiger partial charge in [0.15, 0.2) is 17.5 Å². The summed E-state index contributed by atoms with van der Waals surface area (Å²) in [6.07, 6.45) is 0. The van der Waals surface area contributed by atoms with Crippen LogP contribution in [0.4, 0.5) is 0 Å². The first-order chi connectivity index (χ1) is 22.2. The lowest BCUT2D eigenvalue weighted by atomic mass is 9.99. The number of thiophene rings is 1. The third-order valence-corrected chi connectivity index (χ3v) is 9.60. The van der Waals surface area contributed by atoms with Crippen molar-refractivity contribution in [1.29, 1.82) is 0 Å². The Bertz CT molecular complexity index is 2550. The molecule has 0 spiro atoms. The molecule has 6 aromatic carbocycles. The van der Waals surface area contributed by atoms with Crippen molar-refractivity contribution in [3.8, 4) is 45.3 Å². The molecule has 0 saturated carbocycles. The van der Waals surface area contributed by atoms with Crippen LogP contribution in [-0.2, 0) is 0 Å². The lowest BCUT2D eigenvalue weighted by Gasteiger charge is -2.09. The summed E-state index contributed by atoms with van der Waals surface area (Å²) in [5.41, 5.74) is 8.05. The van der Waals surface area contributed by atoms with Gasteiger partial charge in [0, 0.05) is 47.6 Å². The minimum absolute atomic E-state index is 0.610. The molecule has 5 heteroatoms. The average Bonchev–Trinajstić information content (AvgIpc) is 3.66. The van der Waals surface area contributed by atoms with Crippen LogP contribution in [0.5, 0.6) is 0 Å². The maximum atomic E-state index is 6.44. The lowest BCUT2D eigenvalue weighted by molar-refractivity contribution is 0.669. The van der Waals surface area contributed by atoms with Crippen LogP contribution in [0.2, 0.25) is 0 Å². The third kappa shape index (κ3) is 4.32. The number of hydrogen-bond donors (Lipinski definition) is 0. The number of aromatic nitrogens is 3. The fraction of sp³-hybridized carbons (Fsp3) is 0.0250. The molecule has 0 unspecified atom stereocenters. The van der Waals surface area contributed by atoms with Crippen LogP contribution >= 0.6 is 11.3 Å². The standard InChI is InChI=1S/C40H25N3OS/c1-24-18-20-29-30-15-8-16-32(37(30)45-35(29)22-24)40-42-38(26-12-6-3-7-13-26)41-39(43-40)27-19-21-31-34(23-27)44-33-17-9-14-28(36(31)33)25-10-4-2-5-11-25/h2-23H,1H3. The van der Waals surface area contributed by atoms with Gasteiger partial charge in [0.25, 0.3) is 0 Å². The Kier molecular flexibility index (Phi) is 5.86. The van der Waals surface area contributed by atoms with Crippen LogP contribution in [0.1, 0.15) is 5.56 Å². The molecule has 3 heterocycles. The van der Waals surface area contributed by atoms with Crippen molar-refractivity contribution in [3.05, 3.63) is 139 Å². The minimum atomic E-state index is 0.610. The molecule has 0 bridgehead atoms. The average molecular weight is 596 g/mol. The zero-order chi connectivity index (χ0) is 29.9. The fourth-order valence-corrected chi connectivity index (χ4v) is 7.56. The fourth-order valence-electron chi connectivity index (χ4n) is 6.25. The van der Waals surface area contributed by atoms with Crippen molar-refractivity contribution in [3.63, 3.8) is 0 Å². The van der Waals surface area contributed by atoms with E-state index in [1.165, 1.54) is 25.7 Å². The van der Waals surface area contributed by atoms with Crippen LogP contribution in [-0.4, -0.2) is 15.0 Å². The quantitative estimate of drug-likeness (QED) is 0.203. The Morgan fingerprint density at radius 3 is 2.00 bits per heavy atom. The molecular weight excluding hydrogens is 571 g/mol. The summed E-state index contributed by atoms with van der Waals surface area (Å²) < 4.78 is 8.88. The van der Waals surface area contributed by atoms with Gasteiger partial charge in [-0.3, -0.25) is 0 Å². The van der Waals surface area contributed by atoms with Gasteiger partial charge in [0.05, 0.1) is 0 Å². The molecule has 9 rings (SSSR count). The number of aryl methyl sites for hydroxylation is 1. The molecule has 0 N–H and O–H groups in total. The highest BCUT2D eigenvalue weighted by Gasteiger charge is 2.18. The highest BCUT2D eigenvalue weighted by atomic mass is 32.1. The molecular formula is C40H25N3OS. The summed E-state index contributed by atoms with van der Waals surface area (Å²) >= 11 is 1.79. The van der Waals surface area contributed by atoms with Gasteiger partial charge >= 0.3 is 0 Å². The molecule has 0 amide bonds. The van der Waals surface area contributed by atoms with Crippen LogP contribution in [0.3, 0.4) is 0 Å². The SMILES string of the molecule is Cc1ccc2c(c1)sc1c(-c3nc(-c4ccccc4)nc(-c4ccc5c(c4)oc4cccc(-c6ccccc6)c45)n3)cccc12. The van der Waals surface area contributed by atoms with Crippen molar-refractivity contribution in [1.82, 2.24) is 15.0 Å². The second-order valence-electron chi connectivity index (χ2n) is 11.3. The Morgan fingerprint density at radius 1 is 0.489 bits per heavy atom. The van der Waals surface area contributed by atoms with Crippen molar-refractivity contribution in [2.75, 3.05) is 0 Å². The molecule has 0 fully saturated rings. The minimum Gasteiger partial charge on any atom is -0.456 e. The van der Waals surface area contributed by atoms with Gasteiger partial charge < -0.3 is 4.42 Å². The summed E-state index contributed by atoms with van der Waals surface area (Å²) in [6, 6.07) is 46.1. The number of nitrogens with zero attached hydrogens (tertiary/aromatic N) is 3. The predicted molar refractivity (Wildman–Crippen MR) is 186 cm³/mol. The first kappa shape index (κ1) is 25.8. The van der Waals surface area contributed by atoms with Crippen molar-refractivity contribution < 1.29 is 4.42 Å². The molecule has 0 aliphatic carbocycles. The molecule has 212 valence electrons. The molecule has 0 aliphatic heterocycles. The largest absolute Gasteiger partial charge is 0.456 e. The number of rotatable bonds is 4. The molecule has 0 radical (unpaired) electrons. The van der Waals surface area contributed by atoms with Gasteiger partial charge in [0.2, 0.25) is 0 Å². The monoisotopic (exact) mass is 595 g/mol. The number of hydrogen-bond acceptors (Lipinski definition) is 5. The van der Waals surface area contributed by atoms with E-state index < -0.39 is 0 Å². The normalized spacial score (nSPS) is 11.7. The van der Waals surface area contributed by atoms with E-state index in [1.807, 2.05) is 48.5 Å². The van der Waals surface area contributed by atoms with Gasteiger partial charge in [-0.1, -0.05) is 103 Å². The number of benzene rings is 6. The summed E-state index contributed by atoms with van der Waals surface area (Å²) in [5, 5.41) is 4.65. The van der Waals surface area contributed by atoms with Gasteiger partial charge in [-0.25, -0.2) is 15.0 Å². The highest BCUT2D eigenvalue weighted by molar-refractivity contribution is 7.26. The molecule has 0 aliphatic rings. The summed E-state index contributed by atoms with van der Waals surface area (Å²) in [4.78, 5) is 15.1. The lowest BCUT2D eigenvalue weighted by Crippen LogP contribution is -2.00. The van der Waals surface area contributed by atoms with Gasteiger partial charge in [-0.2, -0.15) is 0 Å². The number of furan rings is 1. The smallest absolute Gasteiger partial charge is 0.165 e. The highest BCUT2D eigenvalue weighted by Crippen LogP contribution is 2.41. The molecule has 0 atom stereocenters. The Hall–Kier alpha value is -5.65. The van der Waals surface area contributed by atoms with Crippen LogP contribution in [0, 0.1) is 6.92 Å². The molecule has 3 aromatic heterocycles. The second-order valence-corrected chi connectivity index (χ2v) is 12.4. The van der Waals surface area contributed by atoms with E-state index >= 15 is 0 Å². The van der Waals surface area contributed by atoms with E-state index in [1.54, 1.807) is 11.3 Å². The molecule has 45 heavy (non-hydrogen) atoms. The van der Waals surface area contributed by atoms with Crippen LogP contribution in [0.25, 0.3) is 87.4 Å². The van der Waals surface area contributed by atoms with Gasteiger partial charge in [-0.05, 0) is 53.9 Å². The zero-order valence-corrected chi connectivity index (χ0v) is 25.2. The molecule has 4 nitrogen and oxygen atoms in total. The van der Waals surface area contributed by atoms with Crippen molar-refractivity contribution in [2.24, 2.45) is 0 Å². The number of fused-ring (bicyclic) bond motifs is 6. The van der Waals surface area contributed by atoms with E-state index in [4.69, 9.17) is 19.4 Å². The maximum Gasteiger partial charge on any atom is 0.165 e. The third-order valence-electron chi connectivity index (χ3n) is 8.40. The van der Waals surface area contributed by atoms with Crippen molar-refractivity contribution in [2.45, 2.75) is 6.92 Å². The predicted octanol–water partition coefficient (Wildman–Crippen LogP) is 11.1. The van der Waals surface area contributed by atoms with Crippen molar-refractivity contribution >= 4 is 53.4 Å². The van der Waals surface area contributed by atoms with E-state index in [-0.39, 0.29) is 0 Å². The van der Waals surface area contributed by atoms with Gasteiger partial charge in [-0.15, -0.1) is 11.3 Å².